The lowest BCUT2D eigenvalue weighted by molar-refractivity contribution is 0.923. The molecule has 4 nitrogen and oxygen atoms in total. The highest BCUT2D eigenvalue weighted by atomic mass is 15.2. The number of hydrogen-bond donors (Lipinski definition) is 1. The molecule has 2 aromatic heterocycles. The highest BCUT2D eigenvalue weighted by Gasteiger charge is 2.00. The molecule has 0 bridgehead atoms. The quantitative estimate of drug-likeness (QED) is 0.489. The summed E-state index contributed by atoms with van der Waals surface area (Å²) in [6.07, 6.45) is 3.43. The van der Waals surface area contributed by atoms with Crippen molar-refractivity contribution in [2.24, 2.45) is 0 Å². The molecule has 1 aromatic carbocycles. The van der Waals surface area contributed by atoms with Crippen molar-refractivity contribution in [1.82, 2.24) is 14.6 Å². The summed E-state index contributed by atoms with van der Waals surface area (Å²) in [5.41, 5.74) is 10.1. The number of anilines is 1. The number of benzene rings is 1. The molecule has 2 N–H and O–H groups in total. The van der Waals surface area contributed by atoms with E-state index in [1.54, 1.807) is 16.9 Å². The van der Waals surface area contributed by atoms with Gasteiger partial charge in [0.25, 0.3) is 0 Å². The van der Waals surface area contributed by atoms with E-state index < -0.39 is 0 Å². The van der Waals surface area contributed by atoms with E-state index in [0.29, 0.717) is 5.69 Å². The van der Waals surface area contributed by atoms with Gasteiger partial charge in [0.15, 0.2) is 5.65 Å². The second-order valence-corrected chi connectivity index (χ2v) is 4.26. The third-order valence-corrected chi connectivity index (χ3v) is 2.86. The SMILES string of the molecule is Cc1ccc(N)cc1C#Cc1cnc2cccnn12. The van der Waals surface area contributed by atoms with Gasteiger partial charge in [0.05, 0.1) is 6.20 Å². The van der Waals surface area contributed by atoms with E-state index in [2.05, 4.69) is 21.9 Å². The van der Waals surface area contributed by atoms with E-state index in [1.807, 2.05) is 37.3 Å². The largest absolute Gasteiger partial charge is 0.399 e. The fourth-order valence-electron chi connectivity index (χ4n) is 1.82. The fourth-order valence-corrected chi connectivity index (χ4v) is 1.82. The molecule has 0 atom stereocenters. The molecule has 0 aliphatic carbocycles. The van der Waals surface area contributed by atoms with Crippen LogP contribution in [-0.4, -0.2) is 14.6 Å². The van der Waals surface area contributed by atoms with E-state index in [4.69, 9.17) is 5.73 Å². The lowest BCUT2D eigenvalue weighted by atomic mass is 10.1. The normalized spacial score (nSPS) is 10.2. The van der Waals surface area contributed by atoms with Crippen molar-refractivity contribution in [3.63, 3.8) is 0 Å². The van der Waals surface area contributed by atoms with Crippen LogP contribution in [0, 0.1) is 18.8 Å². The van der Waals surface area contributed by atoms with Crippen LogP contribution >= 0.6 is 0 Å². The summed E-state index contributed by atoms with van der Waals surface area (Å²) in [7, 11) is 0. The van der Waals surface area contributed by atoms with E-state index in [-0.39, 0.29) is 0 Å². The Morgan fingerprint density at radius 2 is 2.11 bits per heavy atom. The summed E-state index contributed by atoms with van der Waals surface area (Å²) in [5, 5.41) is 4.22. The maximum absolute atomic E-state index is 5.77. The standard InChI is InChI=1S/C15H12N4/c1-11-4-6-13(16)9-12(11)5-7-14-10-17-15-3-2-8-18-19(14)15/h2-4,6,8-10H,16H2,1H3. The highest BCUT2D eigenvalue weighted by molar-refractivity contribution is 5.53. The fraction of sp³-hybridized carbons (Fsp3) is 0.0667. The van der Waals surface area contributed by atoms with E-state index in [9.17, 15) is 0 Å². The maximum atomic E-state index is 5.77. The number of fused-ring (bicyclic) bond motifs is 1. The first-order valence-corrected chi connectivity index (χ1v) is 5.91. The Balaban J connectivity index is 2.06. The first-order valence-electron chi connectivity index (χ1n) is 5.91. The molecule has 4 heteroatoms. The number of hydrogen-bond acceptors (Lipinski definition) is 3. The first-order chi connectivity index (χ1) is 9.24. The number of rotatable bonds is 0. The second-order valence-electron chi connectivity index (χ2n) is 4.26. The topological polar surface area (TPSA) is 56.2 Å². The summed E-state index contributed by atoms with van der Waals surface area (Å²) in [5.74, 6) is 6.20. The van der Waals surface area contributed by atoms with Crippen molar-refractivity contribution in [3.05, 3.63) is 59.5 Å². The summed E-state index contributed by atoms with van der Waals surface area (Å²) >= 11 is 0. The van der Waals surface area contributed by atoms with Gasteiger partial charge >= 0.3 is 0 Å². The van der Waals surface area contributed by atoms with Crippen LogP contribution in [-0.2, 0) is 0 Å². The maximum Gasteiger partial charge on any atom is 0.154 e. The van der Waals surface area contributed by atoms with E-state index in [1.165, 1.54) is 0 Å². The molecule has 3 aromatic rings. The van der Waals surface area contributed by atoms with Gasteiger partial charge in [-0.1, -0.05) is 12.0 Å². The molecule has 0 radical (unpaired) electrons. The third-order valence-electron chi connectivity index (χ3n) is 2.86. The summed E-state index contributed by atoms with van der Waals surface area (Å²) in [4.78, 5) is 4.24. The van der Waals surface area contributed by atoms with Crippen LogP contribution in [0.25, 0.3) is 5.65 Å². The van der Waals surface area contributed by atoms with Crippen molar-refractivity contribution >= 4 is 11.3 Å². The molecule has 0 saturated carbocycles. The number of nitrogen functional groups attached to an aromatic ring is 1. The Hall–Kier alpha value is -2.80. The predicted molar refractivity (Wildman–Crippen MR) is 74.6 cm³/mol. The molecule has 0 spiro atoms. The Morgan fingerprint density at radius 3 is 3.00 bits per heavy atom. The van der Waals surface area contributed by atoms with Crippen LogP contribution in [0.5, 0.6) is 0 Å². The van der Waals surface area contributed by atoms with E-state index >= 15 is 0 Å². The minimum Gasteiger partial charge on any atom is -0.399 e. The van der Waals surface area contributed by atoms with Gasteiger partial charge in [-0.15, -0.1) is 0 Å². The van der Waals surface area contributed by atoms with Crippen molar-refractivity contribution in [3.8, 4) is 11.8 Å². The lowest BCUT2D eigenvalue weighted by Crippen LogP contribution is -1.93. The van der Waals surface area contributed by atoms with Crippen LogP contribution in [0.1, 0.15) is 16.8 Å². The number of nitrogens with zero attached hydrogens (tertiary/aromatic N) is 3. The molecule has 2 heterocycles. The van der Waals surface area contributed by atoms with Crippen molar-refractivity contribution in [2.75, 3.05) is 5.73 Å². The zero-order valence-corrected chi connectivity index (χ0v) is 10.5. The van der Waals surface area contributed by atoms with Crippen molar-refractivity contribution < 1.29 is 0 Å². The number of aryl methyl sites for hydroxylation is 1. The third kappa shape index (κ3) is 2.14. The zero-order chi connectivity index (χ0) is 13.2. The molecule has 0 saturated heterocycles. The lowest BCUT2D eigenvalue weighted by Gasteiger charge is -1.98. The summed E-state index contributed by atoms with van der Waals surface area (Å²) in [6, 6.07) is 9.45. The van der Waals surface area contributed by atoms with Gasteiger partial charge in [-0.25, -0.2) is 9.50 Å². The van der Waals surface area contributed by atoms with Gasteiger partial charge in [-0.05, 0) is 42.7 Å². The monoisotopic (exact) mass is 248 g/mol. The van der Waals surface area contributed by atoms with Crippen LogP contribution in [0.4, 0.5) is 5.69 Å². The van der Waals surface area contributed by atoms with Gasteiger partial charge in [0.2, 0.25) is 0 Å². The van der Waals surface area contributed by atoms with Gasteiger partial charge in [-0.3, -0.25) is 0 Å². The van der Waals surface area contributed by atoms with Gasteiger partial charge in [0, 0.05) is 17.4 Å². The van der Waals surface area contributed by atoms with Crippen LogP contribution < -0.4 is 5.73 Å². The Bertz CT molecular complexity index is 806. The van der Waals surface area contributed by atoms with Gasteiger partial charge in [0.1, 0.15) is 5.69 Å². The Morgan fingerprint density at radius 1 is 1.21 bits per heavy atom. The molecule has 0 aliphatic rings. The minimum absolute atomic E-state index is 0.714. The predicted octanol–water partition coefficient (Wildman–Crippen LogP) is 2.02. The smallest absolute Gasteiger partial charge is 0.154 e. The molecule has 0 fully saturated rings. The highest BCUT2D eigenvalue weighted by Crippen LogP contribution is 2.11. The summed E-state index contributed by atoms with van der Waals surface area (Å²) < 4.78 is 1.72. The molecular weight excluding hydrogens is 236 g/mol. The molecule has 92 valence electrons. The zero-order valence-electron chi connectivity index (χ0n) is 10.5. The van der Waals surface area contributed by atoms with Crippen molar-refractivity contribution in [2.45, 2.75) is 6.92 Å². The van der Waals surface area contributed by atoms with Crippen LogP contribution in [0.3, 0.4) is 0 Å². The first kappa shape index (κ1) is 11.3. The van der Waals surface area contributed by atoms with Crippen LogP contribution in [0.15, 0.2) is 42.7 Å². The molecule has 19 heavy (non-hydrogen) atoms. The second kappa shape index (κ2) is 4.46. The summed E-state index contributed by atoms with van der Waals surface area (Å²) in [6.45, 7) is 2.01. The minimum atomic E-state index is 0.714. The van der Waals surface area contributed by atoms with Gasteiger partial charge < -0.3 is 5.73 Å². The number of nitrogens with two attached hydrogens (primary N) is 1. The molecule has 3 rings (SSSR count). The van der Waals surface area contributed by atoms with Crippen LogP contribution in [0.2, 0.25) is 0 Å². The van der Waals surface area contributed by atoms with Gasteiger partial charge in [-0.2, -0.15) is 5.10 Å². The average molecular weight is 248 g/mol. The average Bonchev–Trinajstić information content (AvgIpc) is 2.83. The Labute approximate surface area is 110 Å². The molecule has 0 amide bonds. The van der Waals surface area contributed by atoms with Crippen molar-refractivity contribution in [1.29, 1.82) is 0 Å². The number of imidazole rings is 1. The molecule has 0 unspecified atom stereocenters. The number of aromatic nitrogens is 3. The van der Waals surface area contributed by atoms with E-state index in [0.717, 1.165) is 22.5 Å². The molecular formula is C15H12N4. The molecule has 0 aliphatic heterocycles. The Kier molecular flexibility index (Phi) is 2.66.